The van der Waals surface area contributed by atoms with Crippen LogP contribution in [0, 0.1) is 0 Å². The van der Waals surface area contributed by atoms with Gasteiger partial charge in [-0.25, -0.2) is 9.48 Å². The van der Waals surface area contributed by atoms with E-state index in [0.717, 1.165) is 24.1 Å². The third kappa shape index (κ3) is 12.8. The summed E-state index contributed by atoms with van der Waals surface area (Å²) in [6.45, 7) is 5.67. The molecule has 1 aromatic carbocycles. The number of hydrogen-bond acceptors (Lipinski definition) is 18. The summed E-state index contributed by atoms with van der Waals surface area (Å²) in [5, 5.41) is 62.6. The lowest BCUT2D eigenvalue weighted by molar-refractivity contribution is -0.348. The van der Waals surface area contributed by atoms with E-state index in [2.05, 4.69) is 15.6 Å². The van der Waals surface area contributed by atoms with Crippen LogP contribution in [0.2, 0.25) is 0 Å². The molecule has 2 aromatic rings. The Morgan fingerprint density at radius 3 is 1.95 bits per heavy atom. The molecule has 1 amide bonds. The minimum Gasteiger partial charge on any atom is -0.494 e. The molecular weight excluding hydrogens is 736 g/mol. The summed E-state index contributed by atoms with van der Waals surface area (Å²) in [4.78, 5) is 24.8. The lowest BCUT2D eigenvalue weighted by atomic mass is 9.96. The highest BCUT2D eigenvalue weighted by Crippen LogP contribution is 2.30. The highest BCUT2D eigenvalue weighted by molar-refractivity contribution is 5.81. The highest BCUT2D eigenvalue weighted by atomic mass is 16.7. The molecule has 4 rings (SSSR count). The number of hydrogen-bond donors (Lipinski definition) is 6. The molecule has 2 saturated heterocycles. The van der Waals surface area contributed by atoms with E-state index < -0.39 is 73.3 Å². The first kappa shape index (κ1) is 44.3. The van der Waals surface area contributed by atoms with E-state index in [1.54, 1.807) is 4.68 Å². The Hall–Kier alpha value is -3.42. The molecule has 2 fully saturated rings. The Morgan fingerprint density at radius 2 is 1.35 bits per heavy atom. The number of carboxylic acids is 1. The van der Waals surface area contributed by atoms with Gasteiger partial charge in [0, 0.05) is 26.3 Å². The van der Waals surface area contributed by atoms with Gasteiger partial charge in [-0.2, -0.15) is 0 Å². The van der Waals surface area contributed by atoms with Crippen molar-refractivity contribution in [2.75, 3.05) is 80.2 Å². The lowest BCUT2D eigenvalue weighted by Crippen LogP contribution is -2.66. The number of aliphatic hydroxyl groups is 4. The van der Waals surface area contributed by atoms with Gasteiger partial charge in [-0.05, 0) is 31.2 Å². The molecule has 0 spiro atoms. The van der Waals surface area contributed by atoms with Gasteiger partial charge in [-0.3, -0.25) is 4.79 Å². The molecule has 21 nitrogen and oxygen atoms in total. The molecule has 0 radical (unpaired) electrons. The molecular formula is C34H52N4O17. The molecule has 10 atom stereocenters. The number of aliphatic hydroxyl groups excluding tert-OH is 4. The summed E-state index contributed by atoms with van der Waals surface area (Å²) in [7, 11) is 2.33. The summed E-state index contributed by atoms with van der Waals surface area (Å²) in [6.07, 6.45) is -15.1. The molecule has 1 aromatic heterocycles. The molecule has 0 aliphatic carbocycles. The highest BCUT2D eigenvalue weighted by Gasteiger charge is 2.54. The van der Waals surface area contributed by atoms with Crippen LogP contribution in [0.1, 0.15) is 6.92 Å². The van der Waals surface area contributed by atoms with Gasteiger partial charge < -0.3 is 78.2 Å². The van der Waals surface area contributed by atoms with Crippen LogP contribution >= 0.6 is 0 Å². The SMILES string of the molecule is CCOc1ccc(-c2cn(CCOCCOCCOCCOCCNC(=O)C3OC(OC4C(C(=O)O)OC(OC)C(O)C4O)C(O)C(O)C3OC)nn2)cc1. The molecule has 2 aliphatic rings. The first-order valence-electron chi connectivity index (χ1n) is 17.8. The van der Waals surface area contributed by atoms with Crippen LogP contribution in [-0.2, 0) is 58.8 Å². The predicted molar refractivity (Wildman–Crippen MR) is 185 cm³/mol. The van der Waals surface area contributed by atoms with Crippen molar-refractivity contribution in [2.45, 2.75) is 74.9 Å². The number of nitrogens with one attached hydrogen (secondary N) is 1. The van der Waals surface area contributed by atoms with Crippen molar-refractivity contribution >= 4 is 11.9 Å². The van der Waals surface area contributed by atoms with Gasteiger partial charge in [0.05, 0.1) is 72.2 Å². The van der Waals surface area contributed by atoms with Gasteiger partial charge in [0.15, 0.2) is 24.8 Å². The molecule has 10 unspecified atom stereocenters. The number of methoxy groups -OCH3 is 2. The fraction of sp³-hybridized carbons (Fsp3) is 0.706. The van der Waals surface area contributed by atoms with Gasteiger partial charge in [-0.1, -0.05) is 5.21 Å². The Kier molecular flexibility index (Phi) is 18.5. The molecule has 21 heteroatoms. The number of rotatable bonds is 24. The summed E-state index contributed by atoms with van der Waals surface area (Å²) in [5.74, 6) is -1.52. The summed E-state index contributed by atoms with van der Waals surface area (Å²) in [6, 6.07) is 7.67. The second kappa shape index (κ2) is 23.0. The van der Waals surface area contributed by atoms with Crippen LogP contribution < -0.4 is 10.1 Å². The number of carbonyl (C=O) groups is 2. The van der Waals surface area contributed by atoms with Gasteiger partial charge in [0.2, 0.25) is 0 Å². The standard InChI is InChI=1S/C34H52N4O17/c1-4-52-21-7-5-20(6-8-21)22-19-38(37-36-22)10-12-49-14-16-51-18-17-50-15-13-48-11-9-35-31(43)29-27(46-2)23(39)26(42)34(54-29)53-28-24(40)25(41)33(47-3)55-30(28)32(44)45/h5-8,19,23-30,33-34,39-42H,4,9-18H2,1-3H3,(H,35,43)(H,44,45). The van der Waals surface area contributed by atoms with Crippen LogP contribution in [0.25, 0.3) is 11.3 Å². The van der Waals surface area contributed by atoms with Gasteiger partial charge in [0.25, 0.3) is 5.91 Å². The third-order valence-corrected chi connectivity index (χ3v) is 8.51. The molecule has 3 heterocycles. The molecule has 55 heavy (non-hydrogen) atoms. The zero-order valence-electron chi connectivity index (χ0n) is 30.9. The van der Waals surface area contributed by atoms with Gasteiger partial charge in [-0.15, -0.1) is 5.10 Å². The fourth-order valence-electron chi connectivity index (χ4n) is 5.66. The van der Waals surface area contributed by atoms with Gasteiger partial charge >= 0.3 is 5.97 Å². The van der Waals surface area contributed by atoms with E-state index in [1.165, 1.54) is 7.11 Å². The number of benzene rings is 1. The van der Waals surface area contributed by atoms with Crippen molar-refractivity contribution in [2.24, 2.45) is 0 Å². The minimum atomic E-state index is -1.86. The smallest absolute Gasteiger partial charge is 0.335 e. The lowest BCUT2D eigenvalue weighted by Gasteiger charge is -2.45. The van der Waals surface area contributed by atoms with Crippen LogP contribution in [0.4, 0.5) is 0 Å². The average Bonchev–Trinajstić information content (AvgIpc) is 3.66. The number of carbonyl (C=O) groups excluding carboxylic acids is 1. The summed E-state index contributed by atoms with van der Waals surface area (Å²) >= 11 is 0. The Morgan fingerprint density at radius 1 is 0.764 bits per heavy atom. The van der Waals surface area contributed by atoms with Crippen LogP contribution in [0.3, 0.4) is 0 Å². The first-order chi connectivity index (χ1) is 26.6. The fourth-order valence-corrected chi connectivity index (χ4v) is 5.66. The maximum atomic E-state index is 13.0. The molecule has 6 N–H and O–H groups in total. The number of aliphatic carboxylic acids is 1. The van der Waals surface area contributed by atoms with Crippen LogP contribution in [-0.4, -0.2) is 194 Å². The number of ether oxygens (including phenoxy) is 10. The Bertz CT molecular complexity index is 1420. The van der Waals surface area contributed by atoms with Crippen LogP contribution in [0.15, 0.2) is 30.5 Å². The van der Waals surface area contributed by atoms with E-state index in [0.29, 0.717) is 46.2 Å². The Balaban J connectivity index is 1.04. The van der Waals surface area contributed by atoms with Crippen molar-refractivity contribution in [1.29, 1.82) is 0 Å². The van der Waals surface area contributed by atoms with E-state index in [1.807, 2.05) is 37.4 Å². The Labute approximate surface area is 317 Å². The largest absolute Gasteiger partial charge is 0.494 e. The molecule has 0 bridgehead atoms. The first-order valence-corrected chi connectivity index (χ1v) is 17.8. The normalized spacial score (nSPS) is 28.2. The van der Waals surface area contributed by atoms with Crippen molar-refractivity contribution in [3.05, 3.63) is 30.5 Å². The van der Waals surface area contributed by atoms with E-state index in [9.17, 15) is 35.1 Å². The van der Waals surface area contributed by atoms with E-state index in [-0.39, 0.29) is 26.4 Å². The average molecular weight is 789 g/mol. The molecule has 0 saturated carbocycles. The van der Waals surface area contributed by atoms with E-state index >= 15 is 0 Å². The number of carboxylic acid groups (broad SMARTS) is 1. The van der Waals surface area contributed by atoms with Crippen molar-refractivity contribution in [3.63, 3.8) is 0 Å². The summed E-state index contributed by atoms with van der Waals surface area (Å²) in [5.41, 5.74) is 1.71. The van der Waals surface area contributed by atoms with Crippen LogP contribution in [0.5, 0.6) is 5.75 Å². The minimum absolute atomic E-state index is 0.0318. The van der Waals surface area contributed by atoms with E-state index in [4.69, 9.17) is 47.4 Å². The van der Waals surface area contributed by atoms with Crippen molar-refractivity contribution in [1.82, 2.24) is 20.3 Å². The summed E-state index contributed by atoms with van der Waals surface area (Å²) < 4.78 is 55.6. The zero-order valence-corrected chi connectivity index (χ0v) is 30.9. The second-order valence-corrected chi connectivity index (χ2v) is 12.3. The number of aromatic nitrogens is 3. The monoisotopic (exact) mass is 788 g/mol. The second-order valence-electron chi connectivity index (χ2n) is 12.3. The predicted octanol–water partition coefficient (Wildman–Crippen LogP) is -2.45. The zero-order chi connectivity index (χ0) is 39.7. The molecule has 310 valence electrons. The van der Waals surface area contributed by atoms with Crippen molar-refractivity contribution < 1.29 is 82.5 Å². The maximum Gasteiger partial charge on any atom is 0.335 e. The number of nitrogens with zero attached hydrogens (tertiary/aromatic N) is 3. The quantitative estimate of drug-likeness (QED) is 0.0603. The number of amides is 1. The third-order valence-electron chi connectivity index (χ3n) is 8.51. The maximum absolute atomic E-state index is 13.0. The van der Waals surface area contributed by atoms with Crippen molar-refractivity contribution in [3.8, 4) is 17.0 Å². The molecule has 2 aliphatic heterocycles. The van der Waals surface area contributed by atoms with Gasteiger partial charge in [0.1, 0.15) is 48.1 Å². The topological polar surface area (TPSA) is 270 Å².